The first-order chi connectivity index (χ1) is 12.0. The lowest BCUT2D eigenvalue weighted by molar-refractivity contribution is 0.107. The van der Waals surface area contributed by atoms with E-state index in [0.717, 1.165) is 47.8 Å². The molecule has 3 heterocycles. The highest BCUT2D eigenvalue weighted by Gasteiger charge is 2.35. The van der Waals surface area contributed by atoms with Gasteiger partial charge in [0.05, 0.1) is 35.2 Å². The average molecular weight is 339 g/mol. The maximum absolute atomic E-state index is 5.64. The average Bonchev–Trinajstić information content (AvgIpc) is 3.26. The second-order valence-corrected chi connectivity index (χ2v) is 7.05. The van der Waals surface area contributed by atoms with Crippen molar-refractivity contribution in [1.29, 1.82) is 0 Å². The Bertz CT molecular complexity index is 877. The molecule has 2 atom stereocenters. The molecule has 6 heteroatoms. The zero-order valence-corrected chi connectivity index (χ0v) is 15.3. The Labute approximate surface area is 147 Å². The lowest BCUT2D eigenvalue weighted by Crippen LogP contribution is -2.25. The predicted molar refractivity (Wildman–Crippen MR) is 97.3 cm³/mol. The smallest absolute Gasteiger partial charge is 0.124 e. The van der Waals surface area contributed by atoms with Crippen LogP contribution in [0.2, 0.25) is 0 Å². The maximum Gasteiger partial charge on any atom is 0.124 e. The van der Waals surface area contributed by atoms with Crippen molar-refractivity contribution in [3.63, 3.8) is 0 Å². The number of likely N-dealkylation sites (tertiary alicyclic amines) is 1. The summed E-state index contributed by atoms with van der Waals surface area (Å²) in [5.74, 6) is 1.05. The molecule has 0 radical (unpaired) electrons. The molecule has 0 amide bonds. The molecule has 4 rings (SSSR count). The Balaban J connectivity index is 1.61. The third-order valence-corrected chi connectivity index (χ3v) is 5.34. The van der Waals surface area contributed by atoms with Crippen LogP contribution in [0.5, 0.6) is 0 Å². The van der Waals surface area contributed by atoms with Crippen molar-refractivity contribution in [2.75, 3.05) is 13.7 Å². The first kappa shape index (κ1) is 16.3. The topological polar surface area (TPSA) is 59.0 Å². The summed E-state index contributed by atoms with van der Waals surface area (Å²) in [4.78, 5) is 15.1. The Morgan fingerprint density at radius 3 is 2.88 bits per heavy atom. The van der Waals surface area contributed by atoms with E-state index in [2.05, 4.69) is 46.9 Å². The van der Waals surface area contributed by atoms with Gasteiger partial charge in [-0.2, -0.15) is 0 Å². The highest BCUT2D eigenvalue weighted by molar-refractivity contribution is 5.75. The zero-order valence-electron chi connectivity index (χ0n) is 15.3. The summed E-state index contributed by atoms with van der Waals surface area (Å²) in [6.07, 6.45) is 3.08. The number of hydrogen-bond donors (Lipinski definition) is 1. The molecular formula is C19H25N5O. The number of fused-ring (bicyclic) bond motifs is 1. The van der Waals surface area contributed by atoms with E-state index < -0.39 is 0 Å². The van der Waals surface area contributed by atoms with Crippen molar-refractivity contribution in [1.82, 2.24) is 24.4 Å². The van der Waals surface area contributed by atoms with E-state index in [-0.39, 0.29) is 12.1 Å². The van der Waals surface area contributed by atoms with E-state index in [1.165, 1.54) is 5.56 Å². The van der Waals surface area contributed by atoms with Gasteiger partial charge in [0.2, 0.25) is 0 Å². The van der Waals surface area contributed by atoms with Crippen molar-refractivity contribution in [3.05, 3.63) is 47.3 Å². The molecule has 0 bridgehead atoms. The fourth-order valence-electron chi connectivity index (χ4n) is 3.74. The number of methoxy groups -OCH3 is 1. The molecule has 1 N–H and O–H groups in total. The standard InChI is InChI=1S/C19H25N5O/c1-12-13(2)22-19(21-12)18-8-15(25-4)10-24(18)9-14-5-6-17-16(7-14)20-11-23(17)3/h5-7,11,15,18H,8-10H2,1-4H3,(H,21,22)/t15-,18+/m1/s1. The van der Waals surface area contributed by atoms with Crippen LogP contribution in [0.1, 0.15) is 35.2 Å². The van der Waals surface area contributed by atoms with Crippen LogP contribution in [-0.4, -0.2) is 44.2 Å². The van der Waals surface area contributed by atoms with Gasteiger partial charge in [-0.3, -0.25) is 4.90 Å². The van der Waals surface area contributed by atoms with Crippen LogP contribution in [0.25, 0.3) is 11.0 Å². The first-order valence-corrected chi connectivity index (χ1v) is 8.75. The van der Waals surface area contributed by atoms with Crippen LogP contribution in [0.3, 0.4) is 0 Å². The molecule has 1 saturated heterocycles. The van der Waals surface area contributed by atoms with E-state index in [0.29, 0.717) is 0 Å². The molecule has 1 aliphatic heterocycles. The van der Waals surface area contributed by atoms with Gasteiger partial charge >= 0.3 is 0 Å². The first-order valence-electron chi connectivity index (χ1n) is 8.75. The number of imidazole rings is 2. The van der Waals surface area contributed by atoms with Crippen LogP contribution in [-0.2, 0) is 18.3 Å². The highest BCUT2D eigenvalue weighted by Crippen LogP contribution is 2.33. The summed E-state index contributed by atoms with van der Waals surface area (Å²) in [5, 5.41) is 0. The van der Waals surface area contributed by atoms with Crippen molar-refractivity contribution in [3.8, 4) is 0 Å². The molecule has 1 aromatic carbocycles. The Hall–Kier alpha value is -2.18. The van der Waals surface area contributed by atoms with Crippen molar-refractivity contribution in [2.45, 2.75) is 39.0 Å². The van der Waals surface area contributed by atoms with E-state index in [1.54, 1.807) is 7.11 Å². The quantitative estimate of drug-likeness (QED) is 0.794. The minimum Gasteiger partial charge on any atom is -0.380 e. The molecule has 3 aromatic rings. The number of benzene rings is 1. The van der Waals surface area contributed by atoms with Gasteiger partial charge in [-0.25, -0.2) is 9.97 Å². The number of aromatic amines is 1. The number of rotatable bonds is 4. The second kappa shape index (κ2) is 6.28. The molecule has 6 nitrogen and oxygen atoms in total. The van der Waals surface area contributed by atoms with Gasteiger partial charge < -0.3 is 14.3 Å². The Morgan fingerprint density at radius 1 is 1.32 bits per heavy atom. The van der Waals surface area contributed by atoms with Crippen LogP contribution >= 0.6 is 0 Å². The largest absolute Gasteiger partial charge is 0.380 e. The number of H-pyrrole nitrogens is 1. The van der Waals surface area contributed by atoms with Crippen molar-refractivity contribution >= 4 is 11.0 Å². The Morgan fingerprint density at radius 2 is 2.16 bits per heavy atom. The van der Waals surface area contributed by atoms with Gasteiger partial charge in [-0.1, -0.05) is 6.07 Å². The lowest BCUT2D eigenvalue weighted by atomic mass is 10.1. The fourth-order valence-corrected chi connectivity index (χ4v) is 3.74. The monoisotopic (exact) mass is 339 g/mol. The minimum absolute atomic E-state index is 0.245. The van der Waals surface area contributed by atoms with Crippen LogP contribution in [0.4, 0.5) is 0 Å². The van der Waals surface area contributed by atoms with Crippen LogP contribution in [0, 0.1) is 13.8 Å². The molecule has 1 aliphatic rings. The number of nitrogens with zero attached hydrogens (tertiary/aromatic N) is 4. The number of ether oxygens (including phenoxy) is 1. The van der Waals surface area contributed by atoms with Crippen molar-refractivity contribution in [2.24, 2.45) is 7.05 Å². The summed E-state index contributed by atoms with van der Waals surface area (Å²) in [7, 11) is 3.82. The molecule has 0 aliphatic carbocycles. The number of nitrogens with one attached hydrogen (secondary N) is 1. The molecule has 0 spiro atoms. The van der Waals surface area contributed by atoms with E-state index in [1.807, 2.05) is 17.9 Å². The number of hydrogen-bond acceptors (Lipinski definition) is 4. The molecule has 2 aromatic heterocycles. The third kappa shape index (κ3) is 2.96. The summed E-state index contributed by atoms with van der Waals surface area (Å²) in [6, 6.07) is 6.79. The maximum atomic E-state index is 5.64. The predicted octanol–water partition coefficient (Wildman–Crippen LogP) is 2.88. The minimum atomic E-state index is 0.245. The normalized spacial score (nSPS) is 21.4. The van der Waals surface area contributed by atoms with Crippen LogP contribution in [0.15, 0.2) is 24.5 Å². The van der Waals surface area contributed by atoms with E-state index >= 15 is 0 Å². The van der Waals surface area contributed by atoms with E-state index in [9.17, 15) is 0 Å². The highest BCUT2D eigenvalue weighted by atomic mass is 16.5. The number of aromatic nitrogens is 4. The van der Waals surface area contributed by atoms with Gasteiger partial charge in [0.15, 0.2) is 0 Å². The van der Waals surface area contributed by atoms with Crippen LogP contribution < -0.4 is 0 Å². The zero-order chi connectivity index (χ0) is 17.6. The summed E-state index contributed by atoms with van der Waals surface area (Å²) < 4.78 is 7.69. The van der Waals surface area contributed by atoms with Gasteiger partial charge in [0.1, 0.15) is 5.82 Å². The summed E-state index contributed by atoms with van der Waals surface area (Å²) in [6.45, 7) is 5.92. The lowest BCUT2D eigenvalue weighted by Gasteiger charge is -2.22. The Kier molecular flexibility index (Phi) is 4.09. The van der Waals surface area contributed by atoms with Gasteiger partial charge in [-0.15, -0.1) is 0 Å². The fraction of sp³-hybridized carbons (Fsp3) is 0.474. The van der Waals surface area contributed by atoms with E-state index in [4.69, 9.17) is 9.72 Å². The summed E-state index contributed by atoms with van der Waals surface area (Å²) in [5.41, 5.74) is 5.70. The SMILES string of the molecule is CO[C@@H]1C[C@@H](c2nc(C)c(C)[nH]2)N(Cc2ccc3c(c2)ncn3C)C1. The second-order valence-electron chi connectivity index (χ2n) is 7.05. The molecule has 1 fully saturated rings. The number of aryl methyl sites for hydroxylation is 3. The third-order valence-electron chi connectivity index (χ3n) is 5.34. The molecular weight excluding hydrogens is 314 g/mol. The van der Waals surface area contributed by atoms with Gasteiger partial charge in [0.25, 0.3) is 0 Å². The van der Waals surface area contributed by atoms with Crippen molar-refractivity contribution < 1.29 is 4.74 Å². The molecule has 25 heavy (non-hydrogen) atoms. The molecule has 0 saturated carbocycles. The molecule has 0 unspecified atom stereocenters. The summed E-state index contributed by atoms with van der Waals surface area (Å²) >= 11 is 0. The molecule has 132 valence electrons. The van der Waals surface area contributed by atoms with Gasteiger partial charge in [-0.05, 0) is 38.0 Å². The van der Waals surface area contributed by atoms with Gasteiger partial charge in [0, 0.05) is 32.9 Å².